The minimum atomic E-state index is 0.869. The minimum Gasteiger partial charge on any atom is -0.0819 e. The monoisotopic (exact) mass is 318 g/mol. The molecule has 0 aliphatic heterocycles. The molecule has 0 heterocycles. The van der Waals surface area contributed by atoms with Crippen molar-refractivity contribution in [1.82, 2.24) is 0 Å². The fourth-order valence-corrected chi connectivity index (χ4v) is 5.90. The highest BCUT2D eigenvalue weighted by atomic mass is 127. The number of rotatable bonds is 0. The first-order valence-electron chi connectivity index (χ1n) is 6.03. The third-order valence-corrected chi connectivity index (χ3v) is 6.60. The van der Waals surface area contributed by atoms with Crippen molar-refractivity contribution in [3.63, 3.8) is 0 Å². The van der Waals surface area contributed by atoms with Gasteiger partial charge in [0.1, 0.15) is 0 Å². The number of alkyl halides is 1. The molecule has 5 rings (SSSR count). The number of fused-ring (bicyclic) bond motifs is 6. The third-order valence-electron chi connectivity index (χ3n) is 4.94. The Morgan fingerprint density at radius 2 is 1.38 bits per heavy atom. The summed E-state index contributed by atoms with van der Waals surface area (Å²) >= 11 is 2.66. The van der Waals surface area contributed by atoms with E-state index in [4.69, 9.17) is 0 Å². The van der Waals surface area contributed by atoms with Gasteiger partial charge in [-0.3, -0.25) is 0 Å². The summed E-state index contributed by atoms with van der Waals surface area (Å²) in [6, 6.07) is 13.7. The molecule has 3 aliphatic carbocycles. The Morgan fingerprint density at radius 3 is 1.94 bits per heavy atom. The van der Waals surface area contributed by atoms with Crippen LogP contribution in [-0.2, 0) is 0 Å². The lowest BCUT2D eigenvalue weighted by atomic mass is 9.72. The second kappa shape index (κ2) is 2.47. The van der Waals surface area contributed by atoms with Crippen LogP contribution < -0.4 is 0 Å². The van der Waals surface area contributed by atoms with E-state index in [1.54, 1.807) is 16.5 Å². The molecule has 0 N–H and O–H groups in total. The molecule has 0 radical (unpaired) electrons. The lowest BCUT2D eigenvalue weighted by molar-refractivity contribution is 0.334. The highest BCUT2D eigenvalue weighted by molar-refractivity contribution is 14.1. The Hall–Kier alpha value is -0.570. The van der Waals surface area contributed by atoms with Crippen molar-refractivity contribution in [3.8, 4) is 0 Å². The van der Waals surface area contributed by atoms with Gasteiger partial charge in [0.15, 0.2) is 0 Å². The van der Waals surface area contributed by atoms with Gasteiger partial charge in [-0.05, 0) is 45.6 Å². The Morgan fingerprint density at radius 1 is 0.812 bits per heavy atom. The average Bonchev–Trinajstić information content (AvgIpc) is 2.72. The molecule has 0 spiro atoms. The molecule has 78 valence electrons. The van der Waals surface area contributed by atoms with Crippen LogP contribution in [0.5, 0.6) is 0 Å². The van der Waals surface area contributed by atoms with Gasteiger partial charge in [0, 0.05) is 3.92 Å². The van der Waals surface area contributed by atoms with Gasteiger partial charge in [0.2, 0.25) is 0 Å². The molecule has 3 aliphatic rings. The minimum absolute atomic E-state index is 0.869. The van der Waals surface area contributed by atoms with Crippen molar-refractivity contribution < 1.29 is 0 Å². The molecule has 0 aromatic heterocycles. The van der Waals surface area contributed by atoms with Gasteiger partial charge in [-0.25, -0.2) is 0 Å². The molecule has 2 saturated carbocycles. The van der Waals surface area contributed by atoms with E-state index in [9.17, 15) is 0 Å². The molecule has 0 amide bonds. The third kappa shape index (κ3) is 0.727. The molecule has 5 atom stereocenters. The molecular formula is C15H11I. The number of hydrogen-bond donors (Lipinski definition) is 0. The predicted octanol–water partition coefficient (Wildman–Crippen LogP) is 4.08. The normalized spacial score (nSPS) is 41.4. The maximum Gasteiger partial charge on any atom is 0.0185 e. The van der Waals surface area contributed by atoms with Gasteiger partial charge in [-0.15, -0.1) is 0 Å². The molecule has 1 unspecified atom stereocenters. The van der Waals surface area contributed by atoms with Gasteiger partial charge in [0.25, 0.3) is 0 Å². The first kappa shape index (κ1) is 8.51. The fourth-order valence-electron chi connectivity index (χ4n) is 4.28. The summed E-state index contributed by atoms with van der Waals surface area (Å²) in [6.07, 6.45) is 0. The molecule has 0 saturated heterocycles. The van der Waals surface area contributed by atoms with Crippen molar-refractivity contribution >= 4 is 33.4 Å². The Bertz CT molecular complexity index is 580. The lowest BCUT2D eigenvalue weighted by Gasteiger charge is -2.30. The molecule has 2 fully saturated rings. The summed E-state index contributed by atoms with van der Waals surface area (Å²) in [4.78, 5) is 0. The van der Waals surface area contributed by atoms with Crippen LogP contribution in [0.1, 0.15) is 23.0 Å². The number of halogens is 1. The van der Waals surface area contributed by atoms with Crippen molar-refractivity contribution in [2.75, 3.05) is 0 Å². The molecule has 0 bridgehead atoms. The molecule has 16 heavy (non-hydrogen) atoms. The first-order valence-corrected chi connectivity index (χ1v) is 7.28. The molecular weight excluding hydrogens is 307 g/mol. The van der Waals surface area contributed by atoms with E-state index in [1.807, 2.05) is 0 Å². The number of benzene rings is 2. The van der Waals surface area contributed by atoms with Crippen molar-refractivity contribution in [2.45, 2.75) is 15.8 Å². The van der Waals surface area contributed by atoms with E-state index in [0.717, 1.165) is 27.6 Å². The van der Waals surface area contributed by atoms with E-state index in [-0.39, 0.29) is 0 Å². The van der Waals surface area contributed by atoms with E-state index in [2.05, 4.69) is 59.0 Å². The van der Waals surface area contributed by atoms with E-state index in [1.165, 1.54) is 5.39 Å². The topological polar surface area (TPSA) is 0 Å². The Balaban J connectivity index is 1.89. The second-order valence-corrected chi connectivity index (χ2v) is 6.88. The van der Waals surface area contributed by atoms with E-state index < -0.39 is 0 Å². The van der Waals surface area contributed by atoms with E-state index >= 15 is 0 Å². The summed E-state index contributed by atoms with van der Waals surface area (Å²) < 4.78 is 0.955. The fraction of sp³-hybridized carbons (Fsp3) is 0.333. The highest BCUT2D eigenvalue weighted by Gasteiger charge is 2.70. The second-order valence-electron chi connectivity index (χ2n) is 5.44. The van der Waals surface area contributed by atoms with Crippen molar-refractivity contribution in [2.24, 2.45) is 11.8 Å². The van der Waals surface area contributed by atoms with Crippen LogP contribution in [0.2, 0.25) is 0 Å². The van der Waals surface area contributed by atoms with Crippen LogP contribution in [0.3, 0.4) is 0 Å². The van der Waals surface area contributed by atoms with Gasteiger partial charge in [-0.1, -0.05) is 59.0 Å². The Kier molecular flexibility index (Phi) is 1.32. The maximum atomic E-state index is 2.66. The standard InChI is InChI=1S/C15H11I/c16-15-13-11-8-5-1-3-7-4-2-6-9(10(7)8)12(11)14(13)15/h1-6,11-15H/t11-,12+,13-,14+,15?. The largest absolute Gasteiger partial charge is 0.0819 e. The Labute approximate surface area is 108 Å². The zero-order valence-electron chi connectivity index (χ0n) is 8.73. The molecule has 1 heteroatoms. The van der Waals surface area contributed by atoms with Gasteiger partial charge >= 0.3 is 0 Å². The molecule has 2 aromatic carbocycles. The predicted molar refractivity (Wildman–Crippen MR) is 74.2 cm³/mol. The summed E-state index contributed by atoms with van der Waals surface area (Å²) in [5.74, 6) is 3.74. The maximum absolute atomic E-state index is 2.66. The van der Waals surface area contributed by atoms with Crippen molar-refractivity contribution in [3.05, 3.63) is 47.5 Å². The SMILES string of the molecule is IC1[C@@H]2[C@@H]3c4cccc5cccc(c45)[C@@H]3[C@H]12. The van der Waals surface area contributed by atoms with Gasteiger partial charge in [-0.2, -0.15) is 0 Å². The summed E-state index contributed by atoms with van der Waals surface area (Å²) in [7, 11) is 0. The van der Waals surface area contributed by atoms with Gasteiger partial charge in [0.05, 0.1) is 0 Å². The molecule has 2 aromatic rings. The smallest absolute Gasteiger partial charge is 0.0185 e. The zero-order chi connectivity index (χ0) is 10.4. The van der Waals surface area contributed by atoms with Crippen molar-refractivity contribution in [1.29, 1.82) is 0 Å². The van der Waals surface area contributed by atoms with E-state index in [0.29, 0.717) is 0 Å². The summed E-state index contributed by atoms with van der Waals surface area (Å²) in [6.45, 7) is 0. The number of hydrogen-bond acceptors (Lipinski definition) is 0. The quantitative estimate of drug-likeness (QED) is 0.507. The van der Waals surface area contributed by atoms with Crippen LogP contribution >= 0.6 is 22.6 Å². The molecule has 0 nitrogen and oxygen atoms in total. The zero-order valence-corrected chi connectivity index (χ0v) is 10.9. The first-order chi connectivity index (χ1) is 7.88. The van der Waals surface area contributed by atoms with Crippen LogP contribution in [0, 0.1) is 11.8 Å². The van der Waals surface area contributed by atoms with Crippen LogP contribution in [-0.4, -0.2) is 3.92 Å². The van der Waals surface area contributed by atoms with Gasteiger partial charge < -0.3 is 0 Å². The van der Waals surface area contributed by atoms with Crippen LogP contribution in [0.25, 0.3) is 10.8 Å². The summed E-state index contributed by atoms with van der Waals surface area (Å²) in [5.41, 5.74) is 3.30. The van der Waals surface area contributed by atoms with Crippen LogP contribution in [0.15, 0.2) is 36.4 Å². The average molecular weight is 318 g/mol. The lowest BCUT2D eigenvalue weighted by Crippen LogP contribution is -2.20. The summed E-state index contributed by atoms with van der Waals surface area (Å²) in [5, 5.41) is 3.05. The highest BCUT2D eigenvalue weighted by Crippen LogP contribution is 2.77. The van der Waals surface area contributed by atoms with Crippen LogP contribution in [0.4, 0.5) is 0 Å².